The molecular formula is C14H20BrF2NO. The molecule has 19 heavy (non-hydrogen) atoms. The molecule has 0 aromatic heterocycles. The zero-order chi connectivity index (χ0) is 15.2. The lowest BCUT2D eigenvalue weighted by atomic mass is 9.85. The number of alkyl halides is 2. The van der Waals surface area contributed by atoms with Crippen LogP contribution in [0.2, 0.25) is 0 Å². The van der Waals surface area contributed by atoms with Crippen molar-refractivity contribution >= 4 is 15.9 Å². The summed E-state index contributed by atoms with van der Waals surface area (Å²) in [6, 6.07) is 0. The smallest absolute Gasteiger partial charge is 0.294 e. The fraction of sp³-hybridized carbons (Fsp3) is 0.571. The van der Waals surface area contributed by atoms with Crippen molar-refractivity contribution in [2.24, 2.45) is 5.73 Å². The van der Waals surface area contributed by atoms with Crippen molar-refractivity contribution in [1.82, 2.24) is 0 Å². The number of halogens is 3. The van der Waals surface area contributed by atoms with Crippen molar-refractivity contribution in [2.75, 3.05) is 7.11 Å². The summed E-state index contributed by atoms with van der Waals surface area (Å²) in [5.41, 5.74) is 5.89. The highest BCUT2D eigenvalue weighted by Crippen LogP contribution is 2.47. The third-order valence-corrected chi connectivity index (χ3v) is 4.68. The van der Waals surface area contributed by atoms with Crippen molar-refractivity contribution in [1.29, 1.82) is 0 Å². The first-order valence-electron chi connectivity index (χ1n) is 5.97. The number of ether oxygens (including phenoxy) is 1. The van der Waals surface area contributed by atoms with E-state index in [0.29, 0.717) is 15.6 Å². The van der Waals surface area contributed by atoms with E-state index < -0.39 is 11.5 Å². The fourth-order valence-electron chi connectivity index (χ4n) is 2.04. The largest absolute Gasteiger partial charge is 0.496 e. The minimum atomic E-state index is -3.19. The van der Waals surface area contributed by atoms with Crippen LogP contribution in [-0.4, -0.2) is 12.6 Å². The summed E-state index contributed by atoms with van der Waals surface area (Å²) >= 11 is 3.37. The Labute approximate surface area is 121 Å². The summed E-state index contributed by atoms with van der Waals surface area (Å²) in [6.07, 6.45) is 0. The van der Waals surface area contributed by atoms with E-state index in [0.717, 1.165) is 5.56 Å². The molecule has 2 N–H and O–H groups in total. The van der Waals surface area contributed by atoms with Gasteiger partial charge in [-0.05, 0) is 51.3 Å². The monoisotopic (exact) mass is 335 g/mol. The van der Waals surface area contributed by atoms with Gasteiger partial charge in [-0.3, -0.25) is 0 Å². The second kappa shape index (κ2) is 5.02. The molecule has 0 saturated heterocycles. The van der Waals surface area contributed by atoms with Crippen molar-refractivity contribution in [2.45, 2.75) is 46.1 Å². The van der Waals surface area contributed by atoms with Crippen LogP contribution in [-0.2, 0) is 5.92 Å². The van der Waals surface area contributed by atoms with E-state index in [1.165, 1.54) is 21.0 Å². The Morgan fingerprint density at radius 1 is 1.05 bits per heavy atom. The third kappa shape index (κ3) is 2.50. The van der Waals surface area contributed by atoms with Crippen LogP contribution in [0, 0.1) is 20.8 Å². The van der Waals surface area contributed by atoms with Crippen LogP contribution in [0.5, 0.6) is 5.75 Å². The molecule has 0 saturated carbocycles. The average molecular weight is 336 g/mol. The maximum absolute atomic E-state index is 14.6. The Kier molecular flexibility index (Phi) is 4.32. The third-order valence-electron chi connectivity index (χ3n) is 3.49. The van der Waals surface area contributed by atoms with Gasteiger partial charge >= 0.3 is 0 Å². The number of nitrogens with two attached hydrogens (primary N) is 1. The summed E-state index contributed by atoms with van der Waals surface area (Å²) in [5.74, 6) is -2.98. The first-order chi connectivity index (χ1) is 8.46. The van der Waals surface area contributed by atoms with Crippen molar-refractivity contribution in [3.63, 3.8) is 0 Å². The van der Waals surface area contributed by atoms with E-state index in [1.54, 1.807) is 13.8 Å². The SMILES string of the molecule is COc1c(C)c(C)c(Br)c(C)c1C(F)(F)C(C)(C)N. The molecule has 1 aromatic rings. The molecule has 0 bridgehead atoms. The number of rotatable bonds is 3. The van der Waals surface area contributed by atoms with Crippen LogP contribution >= 0.6 is 15.9 Å². The molecular weight excluding hydrogens is 316 g/mol. The standard InChI is InChI=1S/C14H20BrF2NO/c1-7-8(2)12(19-6)10(9(3)11(7)15)14(16,17)13(4,5)18/h18H2,1-6H3. The topological polar surface area (TPSA) is 35.2 Å². The van der Waals surface area contributed by atoms with Gasteiger partial charge in [0, 0.05) is 4.47 Å². The van der Waals surface area contributed by atoms with Gasteiger partial charge in [0.2, 0.25) is 0 Å². The summed E-state index contributed by atoms with van der Waals surface area (Å²) in [6.45, 7) is 7.91. The normalized spacial score (nSPS) is 12.7. The van der Waals surface area contributed by atoms with E-state index >= 15 is 0 Å². The van der Waals surface area contributed by atoms with Gasteiger partial charge in [0.1, 0.15) is 5.75 Å². The number of benzene rings is 1. The van der Waals surface area contributed by atoms with Crippen molar-refractivity contribution in [3.05, 3.63) is 26.7 Å². The number of hydrogen-bond donors (Lipinski definition) is 1. The molecule has 1 rings (SSSR count). The Balaban J connectivity index is 3.79. The molecule has 0 atom stereocenters. The molecule has 0 unspecified atom stereocenters. The second-order valence-corrected chi connectivity index (χ2v) is 6.19. The van der Waals surface area contributed by atoms with Gasteiger partial charge in [0.05, 0.1) is 18.2 Å². The molecule has 1 aromatic carbocycles. The maximum Gasteiger partial charge on any atom is 0.294 e. The molecule has 0 radical (unpaired) electrons. The van der Waals surface area contributed by atoms with E-state index in [1.807, 2.05) is 6.92 Å². The number of methoxy groups -OCH3 is 1. The van der Waals surface area contributed by atoms with Crippen LogP contribution in [0.25, 0.3) is 0 Å². The molecule has 0 heterocycles. The Morgan fingerprint density at radius 3 is 1.89 bits per heavy atom. The minimum absolute atomic E-state index is 0.141. The van der Waals surface area contributed by atoms with Crippen LogP contribution in [0.15, 0.2) is 4.47 Å². The first-order valence-corrected chi connectivity index (χ1v) is 6.76. The molecule has 0 spiro atoms. The van der Waals surface area contributed by atoms with Crippen LogP contribution < -0.4 is 10.5 Å². The summed E-state index contributed by atoms with van der Waals surface area (Å²) < 4.78 is 35.2. The maximum atomic E-state index is 14.6. The number of hydrogen-bond acceptors (Lipinski definition) is 2. The van der Waals surface area contributed by atoms with Gasteiger partial charge in [-0.1, -0.05) is 15.9 Å². The lowest BCUT2D eigenvalue weighted by Gasteiger charge is -2.34. The van der Waals surface area contributed by atoms with E-state index in [4.69, 9.17) is 10.5 Å². The van der Waals surface area contributed by atoms with Crippen molar-refractivity contribution < 1.29 is 13.5 Å². The predicted octanol–water partition coefficient (Wildman–Crippen LogP) is 4.21. The minimum Gasteiger partial charge on any atom is -0.496 e. The highest BCUT2D eigenvalue weighted by Gasteiger charge is 2.49. The van der Waals surface area contributed by atoms with Gasteiger partial charge in [-0.25, -0.2) is 0 Å². The van der Waals surface area contributed by atoms with E-state index in [9.17, 15) is 8.78 Å². The highest BCUT2D eigenvalue weighted by atomic mass is 79.9. The van der Waals surface area contributed by atoms with Crippen LogP contribution in [0.1, 0.15) is 36.1 Å². The Bertz CT molecular complexity index is 507. The summed E-state index contributed by atoms with van der Waals surface area (Å²) in [4.78, 5) is 0. The summed E-state index contributed by atoms with van der Waals surface area (Å²) in [7, 11) is 1.40. The second-order valence-electron chi connectivity index (χ2n) is 5.39. The molecule has 0 fully saturated rings. The van der Waals surface area contributed by atoms with Gasteiger partial charge < -0.3 is 10.5 Å². The highest BCUT2D eigenvalue weighted by molar-refractivity contribution is 9.10. The quantitative estimate of drug-likeness (QED) is 0.897. The molecule has 2 nitrogen and oxygen atoms in total. The first kappa shape index (κ1) is 16.4. The van der Waals surface area contributed by atoms with Gasteiger partial charge in [0.25, 0.3) is 5.92 Å². The molecule has 5 heteroatoms. The average Bonchev–Trinajstić information content (AvgIpc) is 2.29. The zero-order valence-electron chi connectivity index (χ0n) is 12.1. The predicted molar refractivity (Wildman–Crippen MR) is 77.1 cm³/mol. The van der Waals surface area contributed by atoms with Crippen LogP contribution in [0.4, 0.5) is 8.78 Å². The van der Waals surface area contributed by atoms with Crippen LogP contribution in [0.3, 0.4) is 0 Å². The van der Waals surface area contributed by atoms with E-state index in [-0.39, 0.29) is 11.3 Å². The summed E-state index contributed by atoms with van der Waals surface area (Å²) in [5, 5.41) is 0. The Hall–Kier alpha value is -0.680. The van der Waals surface area contributed by atoms with Gasteiger partial charge in [-0.15, -0.1) is 0 Å². The van der Waals surface area contributed by atoms with Gasteiger partial charge in [0.15, 0.2) is 0 Å². The fourth-order valence-corrected chi connectivity index (χ4v) is 2.53. The zero-order valence-corrected chi connectivity index (χ0v) is 13.7. The lowest BCUT2D eigenvalue weighted by Crippen LogP contribution is -2.49. The van der Waals surface area contributed by atoms with Gasteiger partial charge in [-0.2, -0.15) is 8.78 Å². The van der Waals surface area contributed by atoms with Crippen molar-refractivity contribution in [3.8, 4) is 5.75 Å². The molecule has 108 valence electrons. The molecule has 0 amide bonds. The molecule has 0 aliphatic rings. The molecule has 0 aliphatic heterocycles. The molecule has 0 aliphatic carbocycles. The lowest BCUT2D eigenvalue weighted by molar-refractivity contribution is -0.0694. The Morgan fingerprint density at radius 2 is 1.53 bits per heavy atom. The van der Waals surface area contributed by atoms with E-state index in [2.05, 4.69) is 15.9 Å².